The van der Waals surface area contributed by atoms with Gasteiger partial charge in [-0.05, 0) is 6.42 Å². The zero-order valence-corrected chi connectivity index (χ0v) is 11.5. The number of hydrogen-bond donors (Lipinski definition) is 1. The van der Waals surface area contributed by atoms with Crippen LogP contribution in [0.3, 0.4) is 0 Å². The van der Waals surface area contributed by atoms with E-state index in [9.17, 15) is 9.59 Å². The van der Waals surface area contributed by atoms with E-state index in [1.54, 1.807) is 17.4 Å². The fraction of sp³-hybridized carbons (Fsp3) is 0.615. The molecular weight excluding hydrogens is 246 g/mol. The van der Waals surface area contributed by atoms with E-state index in [-0.39, 0.29) is 24.8 Å². The van der Waals surface area contributed by atoms with Gasteiger partial charge in [-0.3, -0.25) is 9.59 Å². The minimum absolute atomic E-state index is 0.00637. The maximum absolute atomic E-state index is 12.0. The van der Waals surface area contributed by atoms with Crippen LogP contribution in [0.15, 0.2) is 18.7 Å². The highest BCUT2D eigenvalue weighted by molar-refractivity contribution is 5.78. The molecule has 0 aliphatic carbocycles. The number of carboxylic acids is 1. The van der Waals surface area contributed by atoms with Gasteiger partial charge in [0.2, 0.25) is 5.91 Å². The molecule has 1 aromatic heterocycles. The molecule has 6 nitrogen and oxygen atoms in total. The second-order valence-electron chi connectivity index (χ2n) is 4.78. The largest absolute Gasteiger partial charge is 0.481 e. The summed E-state index contributed by atoms with van der Waals surface area (Å²) in [5.41, 5.74) is 0. The summed E-state index contributed by atoms with van der Waals surface area (Å²) in [5.74, 6) is -0.981. The number of nitrogens with zero attached hydrogens (tertiary/aromatic N) is 3. The average Bonchev–Trinajstić information content (AvgIpc) is 2.85. The minimum atomic E-state index is -0.879. The van der Waals surface area contributed by atoms with Gasteiger partial charge in [-0.15, -0.1) is 0 Å². The quantitative estimate of drug-likeness (QED) is 0.768. The van der Waals surface area contributed by atoms with Crippen molar-refractivity contribution in [2.45, 2.75) is 33.2 Å². The maximum atomic E-state index is 12.0. The minimum Gasteiger partial charge on any atom is -0.481 e. The summed E-state index contributed by atoms with van der Waals surface area (Å²) in [5, 5.41) is 8.71. The smallest absolute Gasteiger partial charge is 0.305 e. The van der Waals surface area contributed by atoms with Gasteiger partial charge in [-0.1, -0.05) is 13.8 Å². The van der Waals surface area contributed by atoms with Crippen molar-refractivity contribution in [1.29, 1.82) is 0 Å². The molecular formula is C13H21N3O3. The summed E-state index contributed by atoms with van der Waals surface area (Å²) >= 11 is 0. The van der Waals surface area contributed by atoms with E-state index in [2.05, 4.69) is 4.98 Å². The summed E-state index contributed by atoms with van der Waals surface area (Å²) in [4.78, 5) is 28.2. The first kappa shape index (κ1) is 15.2. The van der Waals surface area contributed by atoms with Crippen LogP contribution in [0, 0.1) is 5.92 Å². The van der Waals surface area contributed by atoms with Crippen LogP contribution < -0.4 is 0 Å². The molecule has 0 aliphatic heterocycles. The lowest BCUT2D eigenvalue weighted by atomic mass is 10.1. The van der Waals surface area contributed by atoms with Crippen molar-refractivity contribution in [3.8, 4) is 0 Å². The summed E-state index contributed by atoms with van der Waals surface area (Å²) in [6.45, 7) is 5.27. The number of amides is 1. The first-order valence-electron chi connectivity index (χ1n) is 6.47. The number of rotatable bonds is 8. The molecule has 0 atom stereocenters. The molecule has 0 unspecified atom stereocenters. The van der Waals surface area contributed by atoms with Gasteiger partial charge in [0.1, 0.15) is 0 Å². The van der Waals surface area contributed by atoms with E-state index in [1.165, 1.54) is 0 Å². The number of aryl methyl sites for hydroxylation is 1. The number of carbonyl (C=O) groups is 2. The Morgan fingerprint density at radius 3 is 2.63 bits per heavy atom. The Labute approximate surface area is 113 Å². The fourth-order valence-corrected chi connectivity index (χ4v) is 1.79. The average molecular weight is 267 g/mol. The van der Waals surface area contributed by atoms with E-state index in [1.807, 2.05) is 24.6 Å². The lowest BCUT2D eigenvalue weighted by molar-refractivity contribution is -0.139. The first-order valence-corrected chi connectivity index (χ1v) is 6.47. The highest BCUT2D eigenvalue weighted by Crippen LogP contribution is 2.05. The van der Waals surface area contributed by atoms with Crippen molar-refractivity contribution in [2.24, 2.45) is 5.92 Å². The fourth-order valence-electron chi connectivity index (χ4n) is 1.79. The molecule has 1 amide bonds. The highest BCUT2D eigenvalue weighted by Gasteiger charge is 2.17. The zero-order valence-electron chi connectivity index (χ0n) is 11.5. The van der Waals surface area contributed by atoms with Gasteiger partial charge in [0.25, 0.3) is 0 Å². The van der Waals surface area contributed by atoms with Gasteiger partial charge in [0.15, 0.2) is 0 Å². The van der Waals surface area contributed by atoms with Gasteiger partial charge in [0.05, 0.1) is 12.7 Å². The summed E-state index contributed by atoms with van der Waals surface area (Å²) in [6.07, 6.45) is 6.08. The molecule has 0 saturated carbocycles. The normalized spacial score (nSPS) is 10.7. The van der Waals surface area contributed by atoms with Crippen molar-refractivity contribution >= 4 is 11.9 Å². The van der Waals surface area contributed by atoms with E-state index in [4.69, 9.17) is 5.11 Å². The van der Waals surface area contributed by atoms with E-state index >= 15 is 0 Å². The molecule has 106 valence electrons. The monoisotopic (exact) mass is 267 g/mol. The molecule has 1 N–H and O–H groups in total. The van der Waals surface area contributed by atoms with Crippen LogP contribution in [0.4, 0.5) is 0 Å². The molecule has 0 aromatic carbocycles. The number of carboxylic acid groups (broad SMARTS) is 1. The molecule has 0 fully saturated rings. The van der Waals surface area contributed by atoms with Gasteiger partial charge < -0.3 is 14.6 Å². The molecule has 1 rings (SSSR count). The molecule has 0 aliphatic rings. The van der Waals surface area contributed by atoms with Crippen molar-refractivity contribution in [2.75, 3.05) is 13.1 Å². The van der Waals surface area contributed by atoms with Crippen LogP contribution in [-0.2, 0) is 16.1 Å². The SMILES string of the molecule is CC(C)C(=O)N(CCCn1ccnc1)CCC(=O)O. The predicted octanol–water partition coefficient (Wildman–Crippen LogP) is 1.23. The van der Waals surface area contributed by atoms with Crippen LogP contribution in [0.1, 0.15) is 26.7 Å². The van der Waals surface area contributed by atoms with Crippen LogP contribution in [-0.4, -0.2) is 44.5 Å². The lowest BCUT2D eigenvalue weighted by Gasteiger charge is -2.24. The van der Waals surface area contributed by atoms with Crippen molar-refractivity contribution < 1.29 is 14.7 Å². The van der Waals surface area contributed by atoms with E-state index < -0.39 is 5.97 Å². The van der Waals surface area contributed by atoms with Gasteiger partial charge in [-0.25, -0.2) is 4.98 Å². The molecule has 0 bridgehead atoms. The van der Waals surface area contributed by atoms with Crippen molar-refractivity contribution in [3.05, 3.63) is 18.7 Å². The standard InChI is InChI=1S/C13H21N3O3/c1-11(2)13(19)16(8-4-12(17)18)7-3-6-15-9-5-14-10-15/h5,9-11H,3-4,6-8H2,1-2H3,(H,17,18). The molecule has 1 heterocycles. The first-order chi connectivity index (χ1) is 9.00. The molecule has 19 heavy (non-hydrogen) atoms. The topological polar surface area (TPSA) is 75.4 Å². The van der Waals surface area contributed by atoms with Crippen LogP contribution in [0.25, 0.3) is 0 Å². The number of carbonyl (C=O) groups excluding carboxylic acids is 1. The zero-order chi connectivity index (χ0) is 14.3. The Bertz CT molecular complexity index is 401. The van der Waals surface area contributed by atoms with Gasteiger partial charge in [-0.2, -0.15) is 0 Å². The van der Waals surface area contributed by atoms with Crippen LogP contribution in [0.2, 0.25) is 0 Å². The summed E-state index contributed by atoms with van der Waals surface area (Å²) in [7, 11) is 0. The third-order valence-corrected chi connectivity index (χ3v) is 2.80. The Morgan fingerprint density at radius 1 is 1.37 bits per heavy atom. The second kappa shape index (κ2) is 7.56. The van der Waals surface area contributed by atoms with Crippen molar-refractivity contribution in [1.82, 2.24) is 14.5 Å². The highest BCUT2D eigenvalue weighted by atomic mass is 16.4. The van der Waals surface area contributed by atoms with E-state index in [0.29, 0.717) is 6.54 Å². The molecule has 1 aromatic rings. The number of imidazole rings is 1. The predicted molar refractivity (Wildman–Crippen MR) is 70.5 cm³/mol. The summed E-state index contributed by atoms with van der Waals surface area (Å²) in [6, 6.07) is 0. The van der Waals surface area contributed by atoms with Crippen LogP contribution in [0.5, 0.6) is 0 Å². The van der Waals surface area contributed by atoms with E-state index in [0.717, 1.165) is 13.0 Å². The van der Waals surface area contributed by atoms with Gasteiger partial charge in [0, 0.05) is 37.9 Å². The van der Waals surface area contributed by atoms with Gasteiger partial charge >= 0.3 is 5.97 Å². The van der Waals surface area contributed by atoms with Crippen LogP contribution >= 0.6 is 0 Å². The Morgan fingerprint density at radius 2 is 2.11 bits per heavy atom. The number of aromatic nitrogens is 2. The Kier molecular flexibility index (Phi) is 6.05. The second-order valence-corrected chi connectivity index (χ2v) is 4.78. The molecule has 0 saturated heterocycles. The number of aliphatic carboxylic acids is 1. The maximum Gasteiger partial charge on any atom is 0.305 e. The Balaban J connectivity index is 2.43. The lowest BCUT2D eigenvalue weighted by Crippen LogP contribution is -2.37. The molecule has 0 radical (unpaired) electrons. The number of hydrogen-bond acceptors (Lipinski definition) is 3. The third-order valence-electron chi connectivity index (χ3n) is 2.80. The third kappa shape index (κ3) is 5.54. The molecule has 0 spiro atoms. The summed E-state index contributed by atoms with van der Waals surface area (Å²) < 4.78 is 1.94. The Hall–Kier alpha value is -1.85. The molecule has 6 heteroatoms. The van der Waals surface area contributed by atoms with Crippen molar-refractivity contribution in [3.63, 3.8) is 0 Å².